The minimum atomic E-state index is -1.65. The zero-order valence-corrected chi connectivity index (χ0v) is 45.8. The van der Waals surface area contributed by atoms with Crippen LogP contribution in [0.25, 0.3) is 11.1 Å². The Labute approximate surface area is 467 Å². The zero-order valence-electron chi connectivity index (χ0n) is 45.1. The number of nitrogens with one attached hydrogen (secondary N) is 4. The Morgan fingerprint density at radius 1 is 0.787 bits per heavy atom. The molecule has 1 aliphatic rings. The Kier molecular flexibility index (Phi) is 21.3. The molecule has 1 saturated heterocycles. The van der Waals surface area contributed by atoms with Gasteiger partial charge in [-0.15, -0.1) is 0 Å². The Bertz CT molecular complexity index is 3060. The monoisotopic (exact) mass is 1130 g/mol. The first-order valence-corrected chi connectivity index (χ1v) is 26.2. The summed E-state index contributed by atoms with van der Waals surface area (Å²) in [4.78, 5) is 78.4. The topological polar surface area (TPSA) is 335 Å². The summed E-state index contributed by atoms with van der Waals surface area (Å²) in [5.74, 6) is -6.10. The third-order valence-electron chi connectivity index (χ3n) is 12.9. The van der Waals surface area contributed by atoms with Crippen LogP contribution in [0.3, 0.4) is 0 Å². The van der Waals surface area contributed by atoms with Crippen molar-refractivity contribution in [3.63, 3.8) is 0 Å². The molecule has 1 heterocycles. The molecule has 5 aromatic carbocycles. The summed E-state index contributed by atoms with van der Waals surface area (Å²) in [6, 6.07) is 17.1. The van der Waals surface area contributed by atoms with Gasteiger partial charge in [-0.2, -0.15) is 0 Å². The lowest BCUT2D eigenvalue weighted by Gasteiger charge is -2.33. The molecule has 0 saturated carbocycles. The Balaban J connectivity index is 1.46. The van der Waals surface area contributed by atoms with Crippen molar-refractivity contribution in [1.29, 1.82) is 0 Å². The highest BCUT2D eigenvalue weighted by molar-refractivity contribution is 6.32. The number of benzene rings is 5. The molecule has 1 fully saturated rings. The fraction of sp³-hybridized carbons (Fsp3) is 0.379. The second-order valence-electron chi connectivity index (χ2n) is 20.2. The molecule has 21 nitrogen and oxygen atoms in total. The van der Waals surface area contributed by atoms with Crippen LogP contribution >= 0.6 is 11.6 Å². The van der Waals surface area contributed by atoms with Gasteiger partial charge in [0.2, 0.25) is 41.6 Å². The van der Waals surface area contributed by atoms with Gasteiger partial charge in [-0.3, -0.25) is 28.8 Å². The average molecular weight is 1130 g/mol. The number of primary amides is 1. The van der Waals surface area contributed by atoms with Crippen LogP contribution in [0.5, 0.6) is 46.0 Å². The molecule has 0 aromatic heterocycles. The number of phenols is 3. The number of nitrogens with two attached hydrogens (primary N) is 1. The van der Waals surface area contributed by atoms with Gasteiger partial charge in [0.15, 0.2) is 17.3 Å². The van der Waals surface area contributed by atoms with Crippen molar-refractivity contribution in [2.45, 2.75) is 117 Å². The maximum Gasteiger partial charge on any atom is 0.247 e. The minimum Gasteiger partial charge on any atom is -0.508 e. The summed E-state index contributed by atoms with van der Waals surface area (Å²) in [6.45, 7) is 8.79. The van der Waals surface area contributed by atoms with Gasteiger partial charge in [0.1, 0.15) is 40.8 Å². The van der Waals surface area contributed by atoms with E-state index in [2.05, 4.69) is 21.3 Å². The standard InChI is InChI=1S/C58H68ClN5O16/c1-29(2)7-16-51(74)61-27-46(72)35-10-12-39(13-11-35)77-48-20-36(21-49(79-47-15-8-30(3)17-43(47)59)56(48)80-52-25-37(68)22-40(28-65)78-52)55(64-57(75)31(4)18-50(60)73)58(76)62-26-34-9-14-44(70)41(19-34)53-42(23-38(69)24-45(53)71)54(32(5)66)63-33(6)67/h8-15,17,19-21,23-24,29,31,37,40,46,52,54-55,65,68-72H,7,16,18,22,25-28H2,1-6H3,(H2,60,73)(H,61,74)(H,62,76)(H,63,67)(H,64,75)/t31-,37-,40-,46-,52-,54-,55+/m0/s1. The van der Waals surface area contributed by atoms with Crippen LogP contribution in [0.2, 0.25) is 5.02 Å². The molecule has 22 heteroatoms. The van der Waals surface area contributed by atoms with Gasteiger partial charge in [-0.05, 0) is 109 Å². The Hall–Kier alpha value is -7.95. The van der Waals surface area contributed by atoms with Crippen molar-refractivity contribution in [2.75, 3.05) is 13.2 Å². The largest absolute Gasteiger partial charge is 0.508 e. The van der Waals surface area contributed by atoms with Crippen molar-refractivity contribution < 1.29 is 78.4 Å². The van der Waals surface area contributed by atoms with E-state index in [0.29, 0.717) is 29.9 Å². The van der Waals surface area contributed by atoms with E-state index < -0.39 is 96.5 Å². The summed E-state index contributed by atoms with van der Waals surface area (Å²) in [5.41, 5.74) is 6.79. The van der Waals surface area contributed by atoms with E-state index in [1.165, 1.54) is 63.2 Å². The number of Topliss-reactive ketones (excluding diaryl/α,β-unsaturated/α-hetero) is 1. The second-order valence-corrected chi connectivity index (χ2v) is 20.6. The number of carbonyl (C=O) groups excluding carboxylic acids is 6. The van der Waals surface area contributed by atoms with Crippen LogP contribution in [-0.4, -0.2) is 97.6 Å². The molecule has 5 amide bonds. The van der Waals surface area contributed by atoms with Crippen LogP contribution in [0.4, 0.5) is 0 Å². The van der Waals surface area contributed by atoms with E-state index in [4.69, 9.17) is 36.3 Å². The first-order valence-electron chi connectivity index (χ1n) is 25.9. The van der Waals surface area contributed by atoms with Crippen LogP contribution in [0.15, 0.2) is 84.9 Å². The molecule has 6 rings (SSSR count). The van der Waals surface area contributed by atoms with Crippen molar-refractivity contribution >= 4 is 46.9 Å². The van der Waals surface area contributed by atoms with Gasteiger partial charge in [-0.1, -0.05) is 56.6 Å². The number of rotatable bonds is 25. The minimum absolute atomic E-state index is 0.000842. The summed E-state index contributed by atoms with van der Waals surface area (Å²) < 4.78 is 25.5. The van der Waals surface area contributed by atoms with Crippen LogP contribution in [0, 0.1) is 18.8 Å². The number of aliphatic hydroxyl groups excluding tert-OH is 3. The molecular weight excluding hydrogens is 1060 g/mol. The number of hydrogen-bond donors (Lipinski definition) is 11. The molecule has 0 unspecified atom stereocenters. The average Bonchev–Trinajstić information content (AvgIpc) is 3.52. The molecule has 0 radical (unpaired) electrons. The fourth-order valence-electron chi connectivity index (χ4n) is 8.75. The van der Waals surface area contributed by atoms with Gasteiger partial charge < -0.3 is 76.6 Å². The normalized spacial score (nSPS) is 16.6. The smallest absolute Gasteiger partial charge is 0.247 e. The number of halogens is 1. The van der Waals surface area contributed by atoms with Crippen molar-refractivity contribution in [3.05, 3.63) is 118 Å². The summed E-state index contributed by atoms with van der Waals surface area (Å²) in [5, 5.41) is 75.7. The van der Waals surface area contributed by atoms with Crippen molar-refractivity contribution in [2.24, 2.45) is 17.6 Å². The molecular formula is C58H68ClN5O16. The molecule has 428 valence electrons. The summed E-state index contributed by atoms with van der Waals surface area (Å²) in [7, 11) is 0. The number of ketones is 1. The van der Waals surface area contributed by atoms with Gasteiger partial charge in [0.05, 0.1) is 29.9 Å². The summed E-state index contributed by atoms with van der Waals surface area (Å²) >= 11 is 6.73. The SMILES string of the molecule is CC(=O)N[C@@H](C(C)=O)c1cc(O)cc(O)c1-c1cc(CNC(=O)[C@H](NC(=O)[C@@H](C)CC(N)=O)c2cc(Oc3ccc([C@@H](O)CNC(=O)CCC(C)C)cc3)c(O[C@H]3C[C@@H](O)C[C@@H](CO)O3)c(Oc3ccc(C)cc3Cl)c2)ccc1O. The first kappa shape index (κ1) is 61.3. The maximum atomic E-state index is 14.9. The van der Waals surface area contributed by atoms with E-state index in [0.717, 1.165) is 17.7 Å². The maximum absolute atomic E-state index is 14.9. The lowest BCUT2D eigenvalue weighted by atomic mass is 9.90. The highest BCUT2D eigenvalue weighted by atomic mass is 35.5. The van der Waals surface area contributed by atoms with E-state index in [-0.39, 0.29) is 93.6 Å². The molecule has 5 aromatic rings. The third kappa shape index (κ3) is 16.8. The summed E-state index contributed by atoms with van der Waals surface area (Å²) in [6.07, 6.45) is -3.47. The van der Waals surface area contributed by atoms with Crippen molar-refractivity contribution in [3.8, 4) is 57.1 Å². The number of phenolic OH excluding ortho intramolecular Hbond substituents is 3. The number of amides is 5. The van der Waals surface area contributed by atoms with E-state index >= 15 is 0 Å². The van der Waals surface area contributed by atoms with E-state index in [1.807, 2.05) is 20.8 Å². The number of aryl methyl sites for hydroxylation is 1. The molecule has 0 bridgehead atoms. The quantitative estimate of drug-likeness (QED) is 0.0293. The molecule has 80 heavy (non-hydrogen) atoms. The van der Waals surface area contributed by atoms with Gasteiger partial charge in [0, 0.05) is 68.8 Å². The van der Waals surface area contributed by atoms with Gasteiger partial charge in [-0.25, -0.2) is 0 Å². The lowest BCUT2D eigenvalue weighted by molar-refractivity contribution is -0.185. The van der Waals surface area contributed by atoms with Crippen LogP contribution < -0.4 is 41.2 Å². The number of ether oxygens (including phenoxy) is 4. The van der Waals surface area contributed by atoms with Crippen LogP contribution in [0.1, 0.15) is 113 Å². The van der Waals surface area contributed by atoms with E-state index in [1.54, 1.807) is 30.3 Å². The number of aromatic hydroxyl groups is 3. The zero-order chi connectivity index (χ0) is 58.5. The molecule has 12 N–H and O–H groups in total. The Morgan fingerprint density at radius 2 is 1.49 bits per heavy atom. The number of aliphatic hydroxyl groups is 3. The molecule has 0 spiro atoms. The number of carbonyl (C=O) groups is 6. The van der Waals surface area contributed by atoms with Crippen LogP contribution in [-0.2, 0) is 40.0 Å². The highest BCUT2D eigenvalue weighted by Gasteiger charge is 2.34. The predicted octanol–water partition coefficient (Wildman–Crippen LogP) is 6.59. The molecule has 1 aliphatic heterocycles. The first-order chi connectivity index (χ1) is 37.9. The highest BCUT2D eigenvalue weighted by Crippen LogP contribution is 2.47. The fourth-order valence-corrected chi connectivity index (χ4v) is 9.03. The van der Waals surface area contributed by atoms with E-state index in [9.17, 15) is 59.4 Å². The predicted molar refractivity (Wildman–Crippen MR) is 293 cm³/mol. The number of hydrogen-bond acceptors (Lipinski definition) is 16. The van der Waals surface area contributed by atoms with Gasteiger partial charge in [0.25, 0.3) is 0 Å². The molecule has 0 aliphatic carbocycles. The van der Waals surface area contributed by atoms with Crippen molar-refractivity contribution in [1.82, 2.24) is 21.3 Å². The molecule has 7 atom stereocenters. The Morgan fingerprint density at radius 3 is 2.12 bits per heavy atom. The third-order valence-corrected chi connectivity index (χ3v) is 13.2. The van der Waals surface area contributed by atoms with Gasteiger partial charge >= 0.3 is 0 Å². The lowest BCUT2D eigenvalue weighted by Crippen LogP contribution is -2.42. The second kappa shape index (κ2) is 27.8.